The molecule has 0 bridgehead atoms. The average molecular weight is 471 g/mol. The molecule has 0 spiro atoms. The zero-order valence-electron chi connectivity index (χ0n) is 20.2. The Kier molecular flexibility index (Phi) is 9.20. The molecule has 1 aromatic heterocycles. The Morgan fingerprint density at radius 3 is 2.15 bits per heavy atom. The van der Waals surface area contributed by atoms with E-state index in [0.29, 0.717) is 30.6 Å². The lowest BCUT2D eigenvalue weighted by Crippen LogP contribution is -2.33. The van der Waals surface area contributed by atoms with Crippen LogP contribution in [0.3, 0.4) is 0 Å². The molecule has 0 aliphatic rings. The molecular weight excluding hydrogens is 436 g/mol. The molecule has 178 valence electrons. The number of rotatable bonds is 12. The van der Waals surface area contributed by atoms with Crippen molar-refractivity contribution in [2.24, 2.45) is 0 Å². The summed E-state index contributed by atoms with van der Waals surface area (Å²) in [7, 11) is 5.08. The zero-order chi connectivity index (χ0) is 23.8. The molecule has 0 N–H and O–H groups in total. The summed E-state index contributed by atoms with van der Waals surface area (Å²) in [5.74, 6) is 1.94. The van der Waals surface area contributed by atoms with Gasteiger partial charge in [-0.2, -0.15) is 0 Å². The van der Waals surface area contributed by atoms with Crippen LogP contribution in [0.2, 0.25) is 0 Å². The van der Waals surface area contributed by atoms with Gasteiger partial charge in [-0.15, -0.1) is 5.10 Å². The Morgan fingerprint density at radius 1 is 0.939 bits per heavy atom. The van der Waals surface area contributed by atoms with Gasteiger partial charge < -0.3 is 14.2 Å². The molecule has 0 unspecified atom stereocenters. The van der Waals surface area contributed by atoms with Crippen LogP contribution in [-0.2, 0) is 16.1 Å². The second-order valence-electron chi connectivity index (χ2n) is 8.13. The molecular formula is C25H34N4O3S. The van der Waals surface area contributed by atoms with Crippen molar-refractivity contribution in [2.45, 2.75) is 26.4 Å². The summed E-state index contributed by atoms with van der Waals surface area (Å²) in [5, 5.41) is 4.98. The fourth-order valence-electron chi connectivity index (χ4n) is 3.71. The van der Waals surface area contributed by atoms with Crippen molar-refractivity contribution in [1.82, 2.24) is 19.2 Å². The van der Waals surface area contributed by atoms with Crippen LogP contribution in [0, 0.1) is 4.77 Å². The van der Waals surface area contributed by atoms with Crippen LogP contribution in [0.1, 0.15) is 25.3 Å². The van der Waals surface area contributed by atoms with Crippen LogP contribution in [-0.4, -0.2) is 66.9 Å². The molecule has 3 rings (SSSR count). The number of hydrogen-bond acceptors (Lipinski definition) is 6. The van der Waals surface area contributed by atoms with Gasteiger partial charge in [0.05, 0.1) is 32.7 Å². The Hall–Kier alpha value is -2.52. The molecule has 0 saturated carbocycles. The first kappa shape index (κ1) is 25.1. The third-order valence-electron chi connectivity index (χ3n) is 5.54. The van der Waals surface area contributed by atoms with E-state index in [1.165, 1.54) is 5.56 Å². The molecule has 0 atom stereocenters. The smallest absolute Gasteiger partial charge is 0.204 e. The summed E-state index contributed by atoms with van der Waals surface area (Å²) in [6.07, 6.45) is 0. The molecule has 0 amide bonds. The normalized spacial score (nSPS) is 11.5. The lowest BCUT2D eigenvalue weighted by atomic mass is 10.0. The summed E-state index contributed by atoms with van der Waals surface area (Å²) >= 11 is 5.98. The van der Waals surface area contributed by atoms with E-state index in [1.54, 1.807) is 21.3 Å². The molecule has 1 heterocycles. The third-order valence-corrected chi connectivity index (χ3v) is 5.94. The van der Waals surface area contributed by atoms with Crippen molar-refractivity contribution in [3.8, 4) is 22.8 Å². The topological polar surface area (TPSA) is 53.7 Å². The number of methoxy groups -OCH3 is 3. The standard InChI is InChI=1S/C25H34N4O3S/c1-19(2)22-8-6-7-9-23(22)29-24(20-10-12-21(32-5)13-11-20)26-28(25(29)33)18-27(14-16-30-3)15-17-31-4/h6-13,19H,14-18H2,1-5H3. The van der Waals surface area contributed by atoms with Crippen LogP contribution >= 0.6 is 12.2 Å². The average Bonchev–Trinajstić information content (AvgIpc) is 3.16. The largest absolute Gasteiger partial charge is 0.497 e. The first-order chi connectivity index (χ1) is 16.0. The zero-order valence-corrected chi connectivity index (χ0v) is 21.0. The molecule has 0 saturated heterocycles. The predicted molar refractivity (Wildman–Crippen MR) is 134 cm³/mol. The molecule has 0 fully saturated rings. The van der Waals surface area contributed by atoms with Crippen LogP contribution < -0.4 is 4.74 Å². The van der Waals surface area contributed by atoms with Crippen LogP contribution in [0.5, 0.6) is 5.75 Å². The van der Waals surface area contributed by atoms with Crippen LogP contribution in [0.4, 0.5) is 0 Å². The molecule has 0 aliphatic carbocycles. The molecule has 7 nitrogen and oxygen atoms in total. The van der Waals surface area contributed by atoms with E-state index < -0.39 is 0 Å². The van der Waals surface area contributed by atoms with E-state index in [0.717, 1.165) is 35.9 Å². The van der Waals surface area contributed by atoms with Crippen LogP contribution in [0.15, 0.2) is 48.5 Å². The highest BCUT2D eigenvalue weighted by atomic mass is 32.1. The fraction of sp³-hybridized carbons (Fsp3) is 0.440. The maximum atomic E-state index is 5.98. The number of para-hydroxylation sites is 1. The van der Waals surface area contributed by atoms with Gasteiger partial charge in [0.15, 0.2) is 5.82 Å². The molecule has 2 aromatic carbocycles. The second-order valence-corrected chi connectivity index (χ2v) is 8.49. The second kappa shape index (κ2) is 12.1. The summed E-state index contributed by atoms with van der Waals surface area (Å²) < 4.78 is 20.6. The number of aromatic nitrogens is 3. The molecule has 33 heavy (non-hydrogen) atoms. The van der Waals surface area contributed by atoms with Gasteiger partial charge in [-0.05, 0) is 54.0 Å². The lowest BCUT2D eigenvalue weighted by Gasteiger charge is -2.21. The van der Waals surface area contributed by atoms with Gasteiger partial charge >= 0.3 is 0 Å². The van der Waals surface area contributed by atoms with E-state index in [2.05, 4.69) is 41.5 Å². The van der Waals surface area contributed by atoms with Gasteiger partial charge in [-0.3, -0.25) is 9.47 Å². The highest BCUT2D eigenvalue weighted by molar-refractivity contribution is 7.71. The van der Waals surface area contributed by atoms with Crippen molar-refractivity contribution < 1.29 is 14.2 Å². The van der Waals surface area contributed by atoms with E-state index in [9.17, 15) is 0 Å². The molecule has 3 aromatic rings. The maximum absolute atomic E-state index is 5.98. The van der Waals surface area contributed by atoms with E-state index in [4.69, 9.17) is 31.5 Å². The monoisotopic (exact) mass is 470 g/mol. The highest BCUT2D eigenvalue weighted by Crippen LogP contribution is 2.29. The summed E-state index contributed by atoms with van der Waals surface area (Å²) in [5.41, 5.74) is 3.24. The Labute approximate surface area is 201 Å². The quantitative estimate of drug-likeness (QED) is 0.356. The van der Waals surface area contributed by atoms with Crippen molar-refractivity contribution in [3.63, 3.8) is 0 Å². The van der Waals surface area contributed by atoms with Crippen molar-refractivity contribution in [3.05, 3.63) is 58.9 Å². The Morgan fingerprint density at radius 2 is 1.58 bits per heavy atom. The van der Waals surface area contributed by atoms with Gasteiger partial charge in [0.1, 0.15) is 5.75 Å². The summed E-state index contributed by atoms with van der Waals surface area (Å²) in [4.78, 5) is 2.23. The number of benzene rings is 2. The maximum Gasteiger partial charge on any atom is 0.204 e. The minimum Gasteiger partial charge on any atom is -0.497 e. The fourth-order valence-corrected chi connectivity index (χ4v) is 3.99. The first-order valence-electron chi connectivity index (χ1n) is 11.1. The van der Waals surface area contributed by atoms with Gasteiger partial charge in [-0.25, -0.2) is 4.68 Å². The Bertz CT molecular complexity index is 1070. The SMILES string of the molecule is COCCN(CCOC)Cn1nc(-c2ccc(OC)cc2)n(-c2ccccc2C(C)C)c1=S. The molecule has 0 aliphatic heterocycles. The highest BCUT2D eigenvalue weighted by Gasteiger charge is 2.19. The van der Waals surface area contributed by atoms with Gasteiger partial charge in [0, 0.05) is 32.9 Å². The number of hydrogen-bond donors (Lipinski definition) is 0. The summed E-state index contributed by atoms with van der Waals surface area (Å²) in [6, 6.07) is 16.3. The number of nitrogens with zero attached hydrogens (tertiary/aromatic N) is 4. The predicted octanol–water partition coefficient (Wildman–Crippen LogP) is 4.75. The summed E-state index contributed by atoms with van der Waals surface area (Å²) in [6.45, 7) is 7.70. The van der Waals surface area contributed by atoms with Crippen molar-refractivity contribution in [1.29, 1.82) is 0 Å². The van der Waals surface area contributed by atoms with Gasteiger partial charge in [0.25, 0.3) is 0 Å². The first-order valence-corrected chi connectivity index (χ1v) is 11.5. The minimum absolute atomic E-state index is 0.343. The Balaban J connectivity index is 2.12. The molecule has 8 heteroatoms. The van der Waals surface area contributed by atoms with E-state index >= 15 is 0 Å². The molecule has 0 radical (unpaired) electrons. The number of ether oxygens (including phenoxy) is 3. The van der Waals surface area contributed by atoms with Gasteiger partial charge in [0.2, 0.25) is 4.77 Å². The van der Waals surface area contributed by atoms with Crippen molar-refractivity contribution in [2.75, 3.05) is 47.6 Å². The van der Waals surface area contributed by atoms with E-state index in [1.807, 2.05) is 35.0 Å². The minimum atomic E-state index is 0.343. The third kappa shape index (κ3) is 6.09. The van der Waals surface area contributed by atoms with Crippen LogP contribution in [0.25, 0.3) is 17.1 Å². The van der Waals surface area contributed by atoms with E-state index in [-0.39, 0.29) is 0 Å². The lowest BCUT2D eigenvalue weighted by molar-refractivity contribution is 0.0923. The van der Waals surface area contributed by atoms with Crippen molar-refractivity contribution >= 4 is 12.2 Å². The van der Waals surface area contributed by atoms with Gasteiger partial charge in [-0.1, -0.05) is 32.0 Å².